The Bertz CT molecular complexity index is 489. The molecule has 0 radical (unpaired) electrons. The summed E-state index contributed by atoms with van der Waals surface area (Å²) in [5, 5.41) is 15.7. The van der Waals surface area contributed by atoms with Gasteiger partial charge in [-0.3, -0.25) is 4.99 Å². The van der Waals surface area contributed by atoms with Crippen LogP contribution in [-0.2, 0) is 0 Å². The summed E-state index contributed by atoms with van der Waals surface area (Å²) in [5.74, 6) is 2.79. The van der Waals surface area contributed by atoms with Gasteiger partial charge in [-0.25, -0.2) is 0 Å². The lowest BCUT2D eigenvalue weighted by molar-refractivity contribution is 0.253. The molecular formula is C19H33N3O3. The molecule has 0 spiro atoms. The molecule has 6 nitrogen and oxygen atoms in total. The number of aliphatic imine (C=N–C) groups is 1. The lowest BCUT2D eigenvalue weighted by Gasteiger charge is -2.15. The Morgan fingerprint density at radius 2 is 2.00 bits per heavy atom. The molecule has 0 amide bonds. The molecule has 0 aliphatic carbocycles. The van der Waals surface area contributed by atoms with Crippen LogP contribution in [0.25, 0.3) is 0 Å². The molecule has 1 atom stereocenters. The quantitative estimate of drug-likeness (QED) is 0.306. The fourth-order valence-corrected chi connectivity index (χ4v) is 2.51. The number of guanidine groups is 1. The summed E-state index contributed by atoms with van der Waals surface area (Å²) in [6, 6.07) is 7.57. The summed E-state index contributed by atoms with van der Waals surface area (Å²) in [4.78, 5) is 4.63. The van der Waals surface area contributed by atoms with Gasteiger partial charge in [-0.1, -0.05) is 19.4 Å². The second kappa shape index (κ2) is 13.4. The first-order valence-corrected chi connectivity index (χ1v) is 9.13. The highest BCUT2D eigenvalue weighted by molar-refractivity contribution is 5.79. The van der Waals surface area contributed by atoms with Crippen LogP contribution in [0.2, 0.25) is 0 Å². The molecule has 1 aromatic carbocycles. The normalized spacial score (nSPS) is 12.6. The standard InChI is InChI=1S/C19H33N3O3/c1-4-7-16(10-12-23)15-22-19(20-5-2)21-11-13-25-18-9-6-8-17(14-18)24-3/h6,8-9,14,16,23H,4-5,7,10-13,15H2,1-3H3,(H2,20,21,22). The first kappa shape index (κ1) is 21.1. The molecule has 1 rings (SSSR count). The summed E-state index contributed by atoms with van der Waals surface area (Å²) >= 11 is 0. The summed E-state index contributed by atoms with van der Waals surface area (Å²) in [7, 11) is 1.64. The molecule has 0 heterocycles. The van der Waals surface area contributed by atoms with Crippen LogP contribution in [0, 0.1) is 5.92 Å². The summed E-state index contributed by atoms with van der Waals surface area (Å²) in [6.45, 7) is 7.14. The van der Waals surface area contributed by atoms with Crippen LogP contribution in [0.3, 0.4) is 0 Å². The zero-order valence-corrected chi connectivity index (χ0v) is 15.8. The number of aliphatic hydroxyl groups is 1. The molecule has 0 saturated carbocycles. The average Bonchev–Trinajstić information content (AvgIpc) is 2.63. The zero-order valence-electron chi connectivity index (χ0n) is 15.8. The van der Waals surface area contributed by atoms with E-state index in [0.717, 1.165) is 49.8 Å². The van der Waals surface area contributed by atoms with Gasteiger partial charge in [-0.15, -0.1) is 0 Å². The highest BCUT2D eigenvalue weighted by atomic mass is 16.5. The number of aliphatic hydroxyl groups excluding tert-OH is 1. The maximum absolute atomic E-state index is 9.15. The lowest BCUT2D eigenvalue weighted by Crippen LogP contribution is -2.39. The molecule has 0 aliphatic heterocycles. The molecule has 142 valence electrons. The van der Waals surface area contributed by atoms with Crippen molar-refractivity contribution >= 4 is 5.96 Å². The third kappa shape index (κ3) is 9.19. The van der Waals surface area contributed by atoms with Gasteiger partial charge in [0.15, 0.2) is 5.96 Å². The molecule has 0 aliphatic rings. The summed E-state index contributed by atoms with van der Waals surface area (Å²) < 4.78 is 10.9. The third-order valence-electron chi connectivity index (χ3n) is 3.79. The monoisotopic (exact) mass is 351 g/mol. The average molecular weight is 351 g/mol. The Labute approximate surface area is 151 Å². The number of rotatable bonds is 12. The Morgan fingerprint density at radius 1 is 1.20 bits per heavy atom. The number of nitrogens with one attached hydrogen (secondary N) is 2. The second-order valence-corrected chi connectivity index (χ2v) is 5.84. The minimum Gasteiger partial charge on any atom is -0.497 e. The van der Waals surface area contributed by atoms with Gasteiger partial charge in [0.05, 0.1) is 13.7 Å². The number of nitrogens with zero attached hydrogens (tertiary/aromatic N) is 1. The number of benzene rings is 1. The van der Waals surface area contributed by atoms with E-state index in [-0.39, 0.29) is 6.61 Å². The van der Waals surface area contributed by atoms with Gasteiger partial charge < -0.3 is 25.2 Å². The van der Waals surface area contributed by atoms with Crippen molar-refractivity contribution in [2.45, 2.75) is 33.1 Å². The van der Waals surface area contributed by atoms with Crippen molar-refractivity contribution in [2.75, 3.05) is 40.0 Å². The predicted octanol–water partition coefficient (Wildman–Crippen LogP) is 2.43. The smallest absolute Gasteiger partial charge is 0.191 e. The Morgan fingerprint density at radius 3 is 2.68 bits per heavy atom. The van der Waals surface area contributed by atoms with Gasteiger partial charge in [0.2, 0.25) is 0 Å². The van der Waals surface area contributed by atoms with Gasteiger partial charge in [-0.2, -0.15) is 0 Å². The van der Waals surface area contributed by atoms with Gasteiger partial charge in [0.25, 0.3) is 0 Å². The summed E-state index contributed by atoms with van der Waals surface area (Å²) in [5.41, 5.74) is 0. The number of ether oxygens (including phenoxy) is 2. The molecule has 25 heavy (non-hydrogen) atoms. The maximum Gasteiger partial charge on any atom is 0.191 e. The molecule has 0 bridgehead atoms. The van der Waals surface area contributed by atoms with E-state index in [1.807, 2.05) is 31.2 Å². The SMILES string of the molecule is CCCC(CCO)CN=C(NCC)NCCOc1cccc(OC)c1. The fraction of sp³-hybridized carbons (Fsp3) is 0.632. The number of methoxy groups -OCH3 is 1. The highest BCUT2D eigenvalue weighted by Crippen LogP contribution is 2.18. The van der Waals surface area contributed by atoms with Crippen LogP contribution in [0.15, 0.2) is 29.3 Å². The van der Waals surface area contributed by atoms with E-state index in [9.17, 15) is 0 Å². The topological polar surface area (TPSA) is 75.1 Å². The lowest BCUT2D eigenvalue weighted by atomic mass is 10.0. The number of hydrogen-bond donors (Lipinski definition) is 3. The van der Waals surface area contributed by atoms with Gasteiger partial charge in [0.1, 0.15) is 18.1 Å². The van der Waals surface area contributed by atoms with Crippen molar-refractivity contribution in [2.24, 2.45) is 10.9 Å². The van der Waals surface area contributed by atoms with Crippen molar-refractivity contribution in [3.63, 3.8) is 0 Å². The second-order valence-electron chi connectivity index (χ2n) is 5.84. The van der Waals surface area contributed by atoms with Crippen molar-refractivity contribution in [3.8, 4) is 11.5 Å². The first-order chi connectivity index (χ1) is 12.2. The minimum atomic E-state index is 0.221. The molecule has 0 fully saturated rings. The van der Waals surface area contributed by atoms with Crippen LogP contribution < -0.4 is 20.1 Å². The van der Waals surface area contributed by atoms with E-state index >= 15 is 0 Å². The van der Waals surface area contributed by atoms with E-state index in [1.54, 1.807) is 7.11 Å². The summed E-state index contributed by atoms with van der Waals surface area (Å²) in [6.07, 6.45) is 3.00. The molecule has 1 aromatic rings. The molecule has 0 aromatic heterocycles. The molecular weight excluding hydrogens is 318 g/mol. The van der Waals surface area contributed by atoms with Crippen molar-refractivity contribution in [1.29, 1.82) is 0 Å². The van der Waals surface area contributed by atoms with Crippen LogP contribution in [-0.4, -0.2) is 51.0 Å². The van der Waals surface area contributed by atoms with E-state index in [4.69, 9.17) is 14.6 Å². The predicted molar refractivity (Wildman–Crippen MR) is 103 cm³/mol. The van der Waals surface area contributed by atoms with Gasteiger partial charge in [0, 0.05) is 25.8 Å². The van der Waals surface area contributed by atoms with E-state index in [0.29, 0.717) is 19.1 Å². The Hall–Kier alpha value is -1.95. The Balaban J connectivity index is 2.41. The van der Waals surface area contributed by atoms with Gasteiger partial charge >= 0.3 is 0 Å². The highest BCUT2D eigenvalue weighted by Gasteiger charge is 2.07. The van der Waals surface area contributed by atoms with Crippen LogP contribution in [0.4, 0.5) is 0 Å². The fourth-order valence-electron chi connectivity index (χ4n) is 2.51. The van der Waals surface area contributed by atoms with Gasteiger partial charge in [-0.05, 0) is 37.8 Å². The van der Waals surface area contributed by atoms with Crippen LogP contribution in [0.5, 0.6) is 11.5 Å². The van der Waals surface area contributed by atoms with E-state index < -0.39 is 0 Å². The minimum absolute atomic E-state index is 0.221. The van der Waals surface area contributed by atoms with Crippen molar-refractivity contribution in [3.05, 3.63) is 24.3 Å². The molecule has 6 heteroatoms. The number of hydrogen-bond acceptors (Lipinski definition) is 4. The van der Waals surface area contributed by atoms with Crippen LogP contribution in [0.1, 0.15) is 33.1 Å². The third-order valence-corrected chi connectivity index (χ3v) is 3.79. The first-order valence-electron chi connectivity index (χ1n) is 9.13. The van der Waals surface area contributed by atoms with Crippen molar-refractivity contribution in [1.82, 2.24) is 10.6 Å². The zero-order chi connectivity index (χ0) is 18.3. The van der Waals surface area contributed by atoms with E-state index in [2.05, 4.69) is 22.5 Å². The largest absolute Gasteiger partial charge is 0.497 e. The van der Waals surface area contributed by atoms with E-state index in [1.165, 1.54) is 0 Å². The maximum atomic E-state index is 9.15. The molecule has 0 saturated heterocycles. The molecule has 1 unspecified atom stereocenters. The van der Waals surface area contributed by atoms with Crippen LogP contribution >= 0.6 is 0 Å². The van der Waals surface area contributed by atoms with Crippen molar-refractivity contribution < 1.29 is 14.6 Å². The molecule has 3 N–H and O–H groups in total. The Kier molecular flexibility index (Phi) is 11.3.